The minimum absolute atomic E-state index is 0.462. The van der Waals surface area contributed by atoms with E-state index in [1.54, 1.807) is 0 Å². The van der Waals surface area contributed by atoms with Gasteiger partial charge < -0.3 is 4.90 Å². The molecular formula is C11H23N. The van der Waals surface area contributed by atoms with Crippen LogP contribution in [0.1, 0.15) is 40.5 Å². The molecule has 0 N–H and O–H groups in total. The van der Waals surface area contributed by atoms with Gasteiger partial charge in [0.25, 0.3) is 0 Å². The minimum atomic E-state index is 0.462. The zero-order chi connectivity index (χ0) is 9.35. The van der Waals surface area contributed by atoms with Crippen molar-refractivity contribution in [2.45, 2.75) is 46.6 Å². The average molecular weight is 169 g/mol. The van der Waals surface area contributed by atoms with Crippen LogP contribution in [0.5, 0.6) is 0 Å². The molecule has 0 unspecified atom stereocenters. The molecule has 0 aromatic carbocycles. The first kappa shape index (κ1) is 10.0. The average Bonchev–Trinajstić information content (AvgIpc) is 2.31. The third-order valence-corrected chi connectivity index (χ3v) is 3.52. The standard InChI is InChI=1S/C11H23N/c1-9(11(2,3)4)10-7-6-8-12(10)5/h9-10H,6-8H2,1-5H3/t9-,10-/m1/s1. The molecule has 2 atom stereocenters. The van der Waals surface area contributed by atoms with Gasteiger partial charge in [-0.1, -0.05) is 27.7 Å². The van der Waals surface area contributed by atoms with Crippen molar-refractivity contribution in [1.82, 2.24) is 4.90 Å². The molecular weight excluding hydrogens is 146 g/mol. The van der Waals surface area contributed by atoms with E-state index >= 15 is 0 Å². The van der Waals surface area contributed by atoms with Crippen molar-refractivity contribution in [3.8, 4) is 0 Å². The summed E-state index contributed by atoms with van der Waals surface area (Å²) in [5.74, 6) is 0.810. The van der Waals surface area contributed by atoms with Gasteiger partial charge in [0.2, 0.25) is 0 Å². The second-order valence-electron chi connectivity index (χ2n) is 5.34. The molecule has 0 saturated carbocycles. The highest BCUT2D eigenvalue weighted by molar-refractivity contribution is 4.86. The van der Waals surface area contributed by atoms with E-state index < -0.39 is 0 Å². The van der Waals surface area contributed by atoms with Gasteiger partial charge in [-0.2, -0.15) is 0 Å². The molecule has 1 fully saturated rings. The SMILES string of the molecule is C[C@H]([C@H]1CCCN1C)C(C)(C)C. The van der Waals surface area contributed by atoms with Gasteiger partial charge in [0.15, 0.2) is 0 Å². The lowest BCUT2D eigenvalue weighted by atomic mass is 9.77. The van der Waals surface area contributed by atoms with Gasteiger partial charge in [0.05, 0.1) is 0 Å². The van der Waals surface area contributed by atoms with Crippen LogP contribution in [-0.2, 0) is 0 Å². The molecule has 0 amide bonds. The van der Waals surface area contributed by atoms with E-state index in [-0.39, 0.29) is 0 Å². The molecule has 1 aliphatic rings. The molecule has 12 heavy (non-hydrogen) atoms. The van der Waals surface area contributed by atoms with Gasteiger partial charge >= 0.3 is 0 Å². The number of rotatable bonds is 1. The highest BCUT2D eigenvalue weighted by atomic mass is 15.1. The van der Waals surface area contributed by atoms with Gasteiger partial charge in [-0.05, 0) is 37.8 Å². The van der Waals surface area contributed by atoms with E-state index in [2.05, 4.69) is 39.6 Å². The lowest BCUT2D eigenvalue weighted by molar-refractivity contribution is 0.137. The van der Waals surface area contributed by atoms with Gasteiger partial charge in [-0.3, -0.25) is 0 Å². The van der Waals surface area contributed by atoms with Crippen molar-refractivity contribution in [3.05, 3.63) is 0 Å². The molecule has 0 bridgehead atoms. The summed E-state index contributed by atoms with van der Waals surface area (Å²) in [4.78, 5) is 2.52. The maximum atomic E-state index is 2.52. The fourth-order valence-electron chi connectivity index (χ4n) is 2.14. The Bertz CT molecular complexity index is 146. The Morgan fingerprint density at radius 2 is 1.92 bits per heavy atom. The fraction of sp³-hybridized carbons (Fsp3) is 1.00. The second kappa shape index (κ2) is 3.37. The molecule has 1 aliphatic heterocycles. The summed E-state index contributed by atoms with van der Waals surface area (Å²) in [5.41, 5.74) is 0.462. The predicted molar refractivity (Wildman–Crippen MR) is 54.3 cm³/mol. The van der Waals surface area contributed by atoms with Crippen LogP contribution >= 0.6 is 0 Å². The van der Waals surface area contributed by atoms with Gasteiger partial charge in [0, 0.05) is 6.04 Å². The summed E-state index contributed by atoms with van der Waals surface area (Å²) >= 11 is 0. The Kier molecular flexibility index (Phi) is 2.82. The summed E-state index contributed by atoms with van der Waals surface area (Å²) in [6.07, 6.45) is 2.79. The molecule has 72 valence electrons. The largest absolute Gasteiger partial charge is 0.303 e. The summed E-state index contributed by atoms with van der Waals surface area (Å²) in [7, 11) is 2.26. The lowest BCUT2D eigenvalue weighted by Crippen LogP contribution is -2.37. The number of hydrogen-bond donors (Lipinski definition) is 0. The van der Waals surface area contributed by atoms with Crippen LogP contribution in [-0.4, -0.2) is 24.5 Å². The van der Waals surface area contributed by atoms with Crippen molar-refractivity contribution in [1.29, 1.82) is 0 Å². The normalized spacial score (nSPS) is 29.2. The molecule has 1 heteroatoms. The van der Waals surface area contributed by atoms with Crippen molar-refractivity contribution < 1.29 is 0 Å². The molecule has 1 rings (SSSR count). The summed E-state index contributed by atoms with van der Waals surface area (Å²) in [6, 6.07) is 0.824. The van der Waals surface area contributed by atoms with Crippen molar-refractivity contribution >= 4 is 0 Å². The third kappa shape index (κ3) is 2.01. The molecule has 0 radical (unpaired) electrons. The van der Waals surface area contributed by atoms with Gasteiger partial charge in [-0.15, -0.1) is 0 Å². The Morgan fingerprint density at radius 1 is 1.33 bits per heavy atom. The maximum absolute atomic E-state index is 2.52. The molecule has 0 aliphatic carbocycles. The van der Waals surface area contributed by atoms with E-state index in [4.69, 9.17) is 0 Å². The van der Waals surface area contributed by atoms with Crippen LogP contribution in [0.4, 0.5) is 0 Å². The second-order valence-corrected chi connectivity index (χ2v) is 5.34. The van der Waals surface area contributed by atoms with Crippen LogP contribution in [0.15, 0.2) is 0 Å². The molecule has 1 nitrogen and oxygen atoms in total. The highest BCUT2D eigenvalue weighted by Crippen LogP contribution is 2.34. The van der Waals surface area contributed by atoms with Gasteiger partial charge in [-0.25, -0.2) is 0 Å². The lowest BCUT2D eigenvalue weighted by Gasteiger charge is -2.35. The summed E-state index contributed by atoms with van der Waals surface area (Å²) in [6.45, 7) is 10.7. The maximum Gasteiger partial charge on any atom is 0.0123 e. The molecule has 0 spiro atoms. The third-order valence-electron chi connectivity index (χ3n) is 3.52. The van der Waals surface area contributed by atoms with Gasteiger partial charge in [0.1, 0.15) is 0 Å². The van der Waals surface area contributed by atoms with E-state index in [9.17, 15) is 0 Å². The number of nitrogens with zero attached hydrogens (tertiary/aromatic N) is 1. The Balaban J connectivity index is 2.57. The molecule has 1 saturated heterocycles. The number of hydrogen-bond acceptors (Lipinski definition) is 1. The fourth-order valence-corrected chi connectivity index (χ4v) is 2.14. The van der Waals surface area contributed by atoms with Crippen molar-refractivity contribution in [2.24, 2.45) is 11.3 Å². The first-order valence-corrected chi connectivity index (χ1v) is 5.13. The van der Waals surface area contributed by atoms with Crippen LogP contribution in [0.3, 0.4) is 0 Å². The van der Waals surface area contributed by atoms with E-state index in [1.165, 1.54) is 19.4 Å². The highest BCUT2D eigenvalue weighted by Gasteiger charge is 2.33. The quantitative estimate of drug-likeness (QED) is 0.583. The van der Waals surface area contributed by atoms with E-state index in [1.807, 2.05) is 0 Å². The summed E-state index contributed by atoms with van der Waals surface area (Å²) < 4.78 is 0. The molecule has 0 aromatic rings. The minimum Gasteiger partial charge on any atom is -0.303 e. The topological polar surface area (TPSA) is 3.24 Å². The Hall–Kier alpha value is -0.0400. The van der Waals surface area contributed by atoms with Crippen LogP contribution in [0.2, 0.25) is 0 Å². The van der Waals surface area contributed by atoms with E-state index in [0.717, 1.165) is 12.0 Å². The smallest absolute Gasteiger partial charge is 0.0123 e. The van der Waals surface area contributed by atoms with Crippen molar-refractivity contribution in [3.63, 3.8) is 0 Å². The zero-order valence-corrected chi connectivity index (χ0v) is 9.22. The first-order valence-electron chi connectivity index (χ1n) is 5.13. The van der Waals surface area contributed by atoms with E-state index in [0.29, 0.717) is 5.41 Å². The van der Waals surface area contributed by atoms with Crippen LogP contribution in [0, 0.1) is 11.3 Å². The molecule has 1 heterocycles. The first-order chi connectivity index (χ1) is 5.43. The molecule has 0 aromatic heterocycles. The zero-order valence-electron chi connectivity index (χ0n) is 9.22. The van der Waals surface area contributed by atoms with Crippen LogP contribution < -0.4 is 0 Å². The summed E-state index contributed by atoms with van der Waals surface area (Å²) in [5, 5.41) is 0. The van der Waals surface area contributed by atoms with Crippen LogP contribution in [0.25, 0.3) is 0 Å². The monoisotopic (exact) mass is 169 g/mol. The predicted octanol–water partition coefficient (Wildman–Crippen LogP) is 2.76. The Morgan fingerprint density at radius 3 is 2.25 bits per heavy atom. The van der Waals surface area contributed by atoms with Crippen molar-refractivity contribution in [2.75, 3.05) is 13.6 Å². The number of likely N-dealkylation sites (tertiary alicyclic amines) is 1. The Labute approximate surface area is 77.1 Å².